The van der Waals surface area contributed by atoms with E-state index in [-0.39, 0.29) is 6.42 Å². The molecule has 1 aliphatic rings. The molecule has 4 heteroatoms. The third-order valence-electron chi connectivity index (χ3n) is 1.74. The fraction of sp³-hybridized carbons (Fsp3) is 0.800. The molecule has 0 aromatic carbocycles. The lowest BCUT2D eigenvalue weighted by molar-refractivity contribution is -0.141. The number of hydrogen-bond acceptors (Lipinski definition) is 4. The quantitative estimate of drug-likeness (QED) is 0.678. The van der Waals surface area contributed by atoms with Crippen LogP contribution in [0.4, 0.5) is 0 Å². The molecule has 0 unspecified atom stereocenters. The van der Waals surface area contributed by atoms with E-state index >= 15 is 0 Å². The Morgan fingerprint density at radius 3 is 2.36 bits per heavy atom. The molecule has 0 bridgehead atoms. The van der Waals surface area contributed by atoms with Gasteiger partial charge in [-0.05, 0) is 32.9 Å². The van der Waals surface area contributed by atoms with Gasteiger partial charge in [0.15, 0.2) is 0 Å². The lowest BCUT2D eigenvalue weighted by Crippen LogP contribution is -2.21. The summed E-state index contributed by atoms with van der Waals surface area (Å²) >= 11 is 0. The first-order valence-corrected chi connectivity index (χ1v) is 5.04. The second kappa shape index (κ2) is 10.0. The Balaban J connectivity index is 0.000000249. The van der Waals surface area contributed by atoms with Crippen LogP contribution in [0, 0.1) is 11.3 Å². The van der Waals surface area contributed by atoms with Crippen LogP contribution in [0.5, 0.6) is 0 Å². The molecule has 14 heavy (non-hydrogen) atoms. The van der Waals surface area contributed by atoms with Gasteiger partial charge in [-0.3, -0.25) is 4.79 Å². The topological polar surface area (TPSA) is 62.1 Å². The molecule has 1 saturated heterocycles. The van der Waals surface area contributed by atoms with Crippen molar-refractivity contribution in [2.45, 2.75) is 32.6 Å². The highest BCUT2D eigenvalue weighted by Gasteiger charge is 1.96. The zero-order chi connectivity index (χ0) is 10.6. The number of carbonyl (C=O) groups is 1. The highest BCUT2D eigenvalue weighted by Crippen LogP contribution is 1.96. The molecule has 0 radical (unpaired) electrons. The summed E-state index contributed by atoms with van der Waals surface area (Å²) in [5.74, 6) is -0.449. The number of piperidine rings is 1. The average Bonchev–Trinajstić information content (AvgIpc) is 2.22. The van der Waals surface area contributed by atoms with Crippen molar-refractivity contribution < 1.29 is 9.53 Å². The lowest BCUT2D eigenvalue weighted by Gasteiger charge is -2.08. The number of nitrogens with one attached hydrogen (secondary N) is 1. The third kappa shape index (κ3) is 9.01. The van der Waals surface area contributed by atoms with Crippen molar-refractivity contribution in [1.82, 2.24) is 5.32 Å². The number of nitrogens with zero attached hydrogens (tertiary/aromatic N) is 1. The maximum absolute atomic E-state index is 10.2. The molecule has 0 saturated carbocycles. The SMILES string of the molecule is C1CCNCC1.CCOC(=O)CC#N. The van der Waals surface area contributed by atoms with Crippen LogP contribution in [0.15, 0.2) is 0 Å². The van der Waals surface area contributed by atoms with Crippen molar-refractivity contribution in [2.24, 2.45) is 0 Å². The van der Waals surface area contributed by atoms with Gasteiger partial charge in [-0.1, -0.05) is 6.42 Å². The fourth-order valence-electron chi connectivity index (χ4n) is 1.08. The Labute approximate surface area is 85.2 Å². The van der Waals surface area contributed by atoms with Crippen LogP contribution in [0.25, 0.3) is 0 Å². The van der Waals surface area contributed by atoms with Crippen LogP contribution in [0.2, 0.25) is 0 Å². The molecule has 0 amide bonds. The van der Waals surface area contributed by atoms with Gasteiger partial charge in [0.25, 0.3) is 0 Å². The Bertz CT molecular complexity index is 172. The molecule has 0 atom stereocenters. The summed E-state index contributed by atoms with van der Waals surface area (Å²) in [6.07, 6.45) is 4.07. The Hall–Kier alpha value is -1.08. The Kier molecular flexibility index (Phi) is 9.23. The first-order chi connectivity index (χ1) is 6.81. The predicted octanol–water partition coefficient (Wildman–Crippen LogP) is 1.22. The Morgan fingerprint density at radius 1 is 1.43 bits per heavy atom. The van der Waals surface area contributed by atoms with Gasteiger partial charge < -0.3 is 10.1 Å². The van der Waals surface area contributed by atoms with Gasteiger partial charge in [0.1, 0.15) is 6.42 Å². The third-order valence-corrected chi connectivity index (χ3v) is 1.74. The van der Waals surface area contributed by atoms with Crippen LogP contribution >= 0.6 is 0 Å². The van der Waals surface area contributed by atoms with E-state index in [1.165, 1.54) is 32.4 Å². The minimum Gasteiger partial charge on any atom is -0.465 e. The second-order valence-electron chi connectivity index (χ2n) is 2.95. The first kappa shape index (κ1) is 12.9. The van der Waals surface area contributed by atoms with E-state index in [2.05, 4.69) is 10.1 Å². The highest BCUT2D eigenvalue weighted by molar-refractivity contribution is 5.71. The van der Waals surface area contributed by atoms with E-state index in [9.17, 15) is 4.79 Å². The minimum atomic E-state index is -0.449. The molecular weight excluding hydrogens is 180 g/mol. The van der Waals surface area contributed by atoms with Gasteiger partial charge in [-0.25, -0.2) is 0 Å². The predicted molar refractivity (Wildman–Crippen MR) is 53.6 cm³/mol. The van der Waals surface area contributed by atoms with E-state index < -0.39 is 5.97 Å². The van der Waals surface area contributed by atoms with Crippen LogP contribution < -0.4 is 5.32 Å². The molecule has 0 aliphatic carbocycles. The number of esters is 1. The first-order valence-electron chi connectivity index (χ1n) is 5.04. The van der Waals surface area contributed by atoms with Crippen molar-refractivity contribution in [1.29, 1.82) is 5.26 Å². The zero-order valence-electron chi connectivity index (χ0n) is 8.71. The normalized spacial score (nSPS) is 14.6. The van der Waals surface area contributed by atoms with Crippen LogP contribution in [-0.2, 0) is 9.53 Å². The summed E-state index contributed by atoms with van der Waals surface area (Å²) in [4.78, 5) is 10.2. The molecule has 1 rings (SSSR count). The Morgan fingerprint density at radius 2 is 2.07 bits per heavy atom. The standard InChI is InChI=1S/C5H7NO2.C5H11N/c1-2-8-5(7)3-4-6;1-2-4-6-5-3-1/h2-3H2,1H3;6H,1-5H2. The summed E-state index contributed by atoms with van der Waals surface area (Å²) in [5.41, 5.74) is 0. The van der Waals surface area contributed by atoms with Gasteiger partial charge >= 0.3 is 5.97 Å². The van der Waals surface area contributed by atoms with Gasteiger partial charge in [-0.2, -0.15) is 5.26 Å². The zero-order valence-corrected chi connectivity index (χ0v) is 8.71. The van der Waals surface area contributed by atoms with Crippen molar-refractivity contribution in [3.8, 4) is 6.07 Å². The summed E-state index contributed by atoms with van der Waals surface area (Å²) in [6, 6.07) is 1.68. The monoisotopic (exact) mass is 198 g/mol. The van der Waals surface area contributed by atoms with Gasteiger partial charge in [0.05, 0.1) is 12.7 Å². The molecule has 1 fully saturated rings. The van der Waals surface area contributed by atoms with Crippen molar-refractivity contribution in [3.05, 3.63) is 0 Å². The summed E-state index contributed by atoms with van der Waals surface area (Å²) in [7, 11) is 0. The number of rotatable bonds is 2. The second-order valence-corrected chi connectivity index (χ2v) is 2.95. The molecule has 1 aliphatic heterocycles. The molecule has 80 valence electrons. The minimum absolute atomic E-state index is 0.145. The molecule has 0 aromatic heterocycles. The van der Waals surface area contributed by atoms with Crippen LogP contribution in [-0.4, -0.2) is 25.7 Å². The molecule has 4 nitrogen and oxygen atoms in total. The number of hydrogen-bond donors (Lipinski definition) is 1. The van der Waals surface area contributed by atoms with E-state index in [0.717, 1.165) is 0 Å². The molecular formula is C10H18N2O2. The summed E-state index contributed by atoms with van der Waals surface area (Å²) < 4.78 is 4.42. The van der Waals surface area contributed by atoms with Gasteiger partial charge in [-0.15, -0.1) is 0 Å². The van der Waals surface area contributed by atoms with Crippen LogP contribution in [0.1, 0.15) is 32.6 Å². The smallest absolute Gasteiger partial charge is 0.320 e. The molecule has 0 aromatic rings. The van der Waals surface area contributed by atoms with Crippen molar-refractivity contribution in [2.75, 3.05) is 19.7 Å². The fourth-order valence-corrected chi connectivity index (χ4v) is 1.08. The lowest BCUT2D eigenvalue weighted by atomic mass is 10.2. The van der Waals surface area contributed by atoms with Crippen LogP contribution in [0.3, 0.4) is 0 Å². The molecule has 1 N–H and O–H groups in total. The van der Waals surface area contributed by atoms with E-state index in [1.807, 2.05) is 0 Å². The maximum Gasteiger partial charge on any atom is 0.320 e. The number of carbonyl (C=O) groups excluding carboxylic acids is 1. The van der Waals surface area contributed by atoms with Gasteiger partial charge in [0.2, 0.25) is 0 Å². The molecule has 0 spiro atoms. The number of ether oxygens (including phenoxy) is 1. The molecule has 1 heterocycles. The van der Waals surface area contributed by atoms with E-state index in [4.69, 9.17) is 5.26 Å². The average molecular weight is 198 g/mol. The van der Waals surface area contributed by atoms with E-state index in [0.29, 0.717) is 6.61 Å². The maximum atomic E-state index is 10.2. The highest BCUT2D eigenvalue weighted by atomic mass is 16.5. The summed E-state index contributed by atoms with van der Waals surface area (Å²) in [6.45, 7) is 4.55. The number of nitriles is 1. The van der Waals surface area contributed by atoms with Gasteiger partial charge in [0, 0.05) is 0 Å². The largest absolute Gasteiger partial charge is 0.465 e. The van der Waals surface area contributed by atoms with Crippen molar-refractivity contribution in [3.63, 3.8) is 0 Å². The summed E-state index contributed by atoms with van der Waals surface area (Å²) in [5, 5.41) is 11.2. The van der Waals surface area contributed by atoms with Crippen molar-refractivity contribution >= 4 is 5.97 Å². The van der Waals surface area contributed by atoms with E-state index in [1.54, 1.807) is 13.0 Å².